The highest BCUT2D eigenvalue weighted by Crippen LogP contribution is 2.43. The maximum absolute atomic E-state index is 14.0. The first-order chi connectivity index (χ1) is 21.0. The van der Waals surface area contributed by atoms with Gasteiger partial charge in [0.25, 0.3) is 5.91 Å². The zero-order valence-corrected chi connectivity index (χ0v) is 24.4. The topological polar surface area (TPSA) is 99.8 Å². The molecule has 1 N–H and O–H groups in total. The molecule has 9 nitrogen and oxygen atoms in total. The number of aromatic nitrogens is 6. The Bertz CT molecular complexity index is 1950. The van der Waals surface area contributed by atoms with E-state index in [-0.39, 0.29) is 5.91 Å². The van der Waals surface area contributed by atoms with Gasteiger partial charge in [0.1, 0.15) is 12.7 Å². The molecule has 0 bridgehead atoms. The van der Waals surface area contributed by atoms with Crippen molar-refractivity contribution in [3.63, 3.8) is 0 Å². The van der Waals surface area contributed by atoms with Gasteiger partial charge in [-0.1, -0.05) is 53.6 Å². The molecule has 214 valence electrons. The van der Waals surface area contributed by atoms with Gasteiger partial charge in [0.15, 0.2) is 0 Å². The smallest absolute Gasteiger partial charge is 0.316 e. The Hall–Kier alpha value is -5.02. The van der Waals surface area contributed by atoms with Gasteiger partial charge in [0.2, 0.25) is 0 Å². The Balaban J connectivity index is 1.32. The lowest BCUT2D eigenvalue weighted by molar-refractivity contribution is 0.0868. The molecule has 0 fully saturated rings. The summed E-state index contributed by atoms with van der Waals surface area (Å²) in [5.41, 5.74) is 7.03. The highest BCUT2D eigenvalue weighted by molar-refractivity contribution is 6.34. The van der Waals surface area contributed by atoms with E-state index < -0.39 is 5.54 Å². The number of nitrogens with zero attached hydrogens (tertiary/aromatic N) is 6. The van der Waals surface area contributed by atoms with Crippen LogP contribution in [0.2, 0.25) is 5.02 Å². The number of carbonyl (C=O) groups is 1. The molecule has 43 heavy (non-hydrogen) atoms. The molecule has 7 rings (SSSR count). The average Bonchev–Trinajstić information content (AvgIpc) is 3.68. The largest absolute Gasteiger partial charge is 0.467 e. The van der Waals surface area contributed by atoms with Crippen LogP contribution < -0.4 is 10.1 Å². The van der Waals surface area contributed by atoms with Crippen LogP contribution in [-0.4, -0.2) is 42.3 Å². The van der Waals surface area contributed by atoms with Crippen molar-refractivity contribution >= 4 is 28.4 Å². The SMILES string of the molecule is COc1ncc(-c2c3n(c4ccc(C)cc24)C[C@@](NC(=O)c2ccc(-n4cnnc4)cc2Cl)(c2ccccc2)CC3)cn1. The number of hydrogen-bond acceptors (Lipinski definition) is 6. The Kier molecular flexibility index (Phi) is 6.66. The number of rotatable bonds is 6. The zero-order valence-electron chi connectivity index (χ0n) is 23.7. The fourth-order valence-corrected chi connectivity index (χ4v) is 6.41. The molecule has 0 saturated carbocycles. The second-order valence-corrected chi connectivity index (χ2v) is 11.2. The van der Waals surface area contributed by atoms with Crippen molar-refractivity contribution in [1.82, 2.24) is 34.6 Å². The van der Waals surface area contributed by atoms with E-state index >= 15 is 0 Å². The number of halogens is 1. The molecule has 1 amide bonds. The molecule has 0 saturated heterocycles. The molecule has 3 aromatic carbocycles. The van der Waals surface area contributed by atoms with Gasteiger partial charge in [0.05, 0.1) is 29.8 Å². The van der Waals surface area contributed by atoms with Gasteiger partial charge < -0.3 is 14.6 Å². The quantitative estimate of drug-likeness (QED) is 0.259. The molecule has 0 aliphatic carbocycles. The molecule has 0 unspecified atom stereocenters. The summed E-state index contributed by atoms with van der Waals surface area (Å²) in [4.78, 5) is 22.7. The number of methoxy groups -OCH3 is 1. The summed E-state index contributed by atoms with van der Waals surface area (Å²) in [7, 11) is 1.56. The van der Waals surface area contributed by atoms with Crippen LogP contribution in [-0.2, 0) is 18.5 Å². The summed E-state index contributed by atoms with van der Waals surface area (Å²) < 4.78 is 9.28. The van der Waals surface area contributed by atoms with Crippen molar-refractivity contribution < 1.29 is 9.53 Å². The summed E-state index contributed by atoms with van der Waals surface area (Å²) in [5.74, 6) is -0.233. The van der Waals surface area contributed by atoms with Gasteiger partial charge in [-0.3, -0.25) is 9.36 Å². The molecule has 1 aliphatic heterocycles. The Morgan fingerprint density at radius 2 is 1.77 bits per heavy atom. The van der Waals surface area contributed by atoms with Crippen LogP contribution in [0.25, 0.3) is 27.7 Å². The van der Waals surface area contributed by atoms with E-state index in [1.165, 1.54) is 11.3 Å². The first-order valence-electron chi connectivity index (χ1n) is 14.0. The van der Waals surface area contributed by atoms with Gasteiger partial charge in [-0.05, 0) is 55.7 Å². The minimum absolute atomic E-state index is 0.233. The molecule has 6 aromatic rings. The molecular weight excluding hydrogens is 562 g/mol. The third-order valence-corrected chi connectivity index (χ3v) is 8.55. The van der Waals surface area contributed by atoms with Crippen LogP contribution in [0.1, 0.15) is 33.6 Å². The van der Waals surface area contributed by atoms with Crippen molar-refractivity contribution in [2.75, 3.05) is 7.11 Å². The molecule has 0 spiro atoms. The average molecular weight is 590 g/mol. The maximum atomic E-state index is 14.0. The van der Waals surface area contributed by atoms with Crippen LogP contribution >= 0.6 is 11.6 Å². The number of carbonyl (C=O) groups excluding carboxylic acids is 1. The maximum Gasteiger partial charge on any atom is 0.316 e. The number of aryl methyl sites for hydroxylation is 1. The van der Waals surface area contributed by atoms with E-state index in [1.54, 1.807) is 36.5 Å². The third kappa shape index (κ3) is 4.71. The summed E-state index contributed by atoms with van der Waals surface area (Å²) in [6, 6.07) is 22.3. The molecule has 10 heteroatoms. The first-order valence-corrected chi connectivity index (χ1v) is 14.3. The number of hydrogen-bond donors (Lipinski definition) is 1. The number of nitrogens with one attached hydrogen (secondary N) is 1. The van der Waals surface area contributed by atoms with E-state index in [0.717, 1.165) is 39.7 Å². The van der Waals surface area contributed by atoms with E-state index in [0.29, 0.717) is 29.6 Å². The summed E-state index contributed by atoms with van der Waals surface area (Å²) in [6.45, 7) is 2.64. The molecule has 0 radical (unpaired) electrons. The molecule has 1 aliphatic rings. The van der Waals surface area contributed by atoms with Crippen LogP contribution in [0.15, 0.2) is 91.8 Å². The summed E-state index contributed by atoms with van der Waals surface area (Å²) >= 11 is 6.68. The standard InChI is InChI=1S/C33H28ClN7O2/c1-21-8-11-28-26(14-21)30(22-16-35-32(43-2)36-17-22)29-12-13-33(18-41(28)29,23-6-4-3-5-7-23)39-31(42)25-10-9-24(15-27(25)34)40-19-37-38-20-40/h3-11,14-17,19-20H,12-13,18H2,1-2H3,(H,39,42)/t33-/m1/s1. The minimum atomic E-state index is -0.674. The van der Waals surface area contributed by atoms with E-state index in [2.05, 4.69) is 67.3 Å². The highest BCUT2D eigenvalue weighted by Gasteiger charge is 2.40. The minimum Gasteiger partial charge on any atom is -0.467 e. The lowest BCUT2D eigenvalue weighted by Crippen LogP contribution is -2.51. The fourth-order valence-electron chi connectivity index (χ4n) is 6.15. The first kappa shape index (κ1) is 26.9. The monoisotopic (exact) mass is 589 g/mol. The summed E-state index contributed by atoms with van der Waals surface area (Å²) in [6.07, 6.45) is 8.23. The number of fused-ring (bicyclic) bond motifs is 3. The van der Waals surface area contributed by atoms with Crippen LogP contribution in [0.4, 0.5) is 0 Å². The normalized spacial score (nSPS) is 16.2. The fraction of sp³-hybridized carbons (Fsp3) is 0.182. The second-order valence-electron chi connectivity index (χ2n) is 10.8. The molecular formula is C33H28ClN7O2. The van der Waals surface area contributed by atoms with E-state index in [1.807, 2.05) is 36.7 Å². The van der Waals surface area contributed by atoms with E-state index in [4.69, 9.17) is 16.3 Å². The number of amides is 1. The Morgan fingerprint density at radius 1 is 1.00 bits per heavy atom. The number of ether oxygens (including phenoxy) is 1. The van der Waals surface area contributed by atoms with Crippen molar-refractivity contribution in [3.8, 4) is 22.8 Å². The van der Waals surface area contributed by atoms with Crippen molar-refractivity contribution in [2.24, 2.45) is 0 Å². The predicted molar refractivity (Wildman–Crippen MR) is 165 cm³/mol. The van der Waals surface area contributed by atoms with Crippen LogP contribution in [0.3, 0.4) is 0 Å². The third-order valence-electron chi connectivity index (χ3n) is 8.24. The molecule has 1 atom stereocenters. The number of benzene rings is 3. The van der Waals surface area contributed by atoms with E-state index in [9.17, 15) is 4.79 Å². The van der Waals surface area contributed by atoms with Gasteiger partial charge in [-0.2, -0.15) is 0 Å². The molecule has 3 aromatic heterocycles. The predicted octanol–water partition coefficient (Wildman–Crippen LogP) is 5.92. The molecule has 4 heterocycles. The second kappa shape index (κ2) is 10.7. The van der Waals surface area contributed by atoms with Gasteiger partial charge in [0, 0.05) is 45.8 Å². The van der Waals surface area contributed by atoms with Gasteiger partial charge >= 0.3 is 6.01 Å². The lowest BCUT2D eigenvalue weighted by Gasteiger charge is -2.40. The Labute approximate surface area is 253 Å². The van der Waals surface area contributed by atoms with Crippen molar-refractivity contribution in [1.29, 1.82) is 0 Å². The van der Waals surface area contributed by atoms with Crippen molar-refractivity contribution in [3.05, 3.63) is 119 Å². The van der Waals surface area contributed by atoms with Gasteiger partial charge in [-0.25, -0.2) is 9.97 Å². The highest BCUT2D eigenvalue weighted by atomic mass is 35.5. The van der Waals surface area contributed by atoms with Crippen LogP contribution in [0.5, 0.6) is 6.01 Å². The Morgan fingerprint density at radius 3 is 2.49 bits per heavy atom. The van der Waals surface area contributed by atoms with Gasteiger partial charge in [-0.15, -0.1) is 10.2 Å². The van der Waals surface area contributed by atoms with Crippen LogP contribution in [0, 0.1) is 6.92 Å². The summed E-state index contributed by atoms with van der Waals surface area (Å²) in [5, 5.41) is 12.6. The zero-order chi connectivity index (χ0) is 29.6. The lowest BCUT2D eigenvalue weighted by atomic mass is 9.81. The van der Waals surface area contributed by atoms with Crippen molar-refractivity contribution in [2.45, 2.75) is 31.8 Å².